The summed E-state index contributed by atoms with van der Waals surface area (Å²) in [5, 5.41) is 26.0. The highest BCUT2D eigenvalue weighted by atomic mass is 19.1. The van der Waals surface area contributed by atoms with Crippen molar-refractivity contribution in [3.05, 3.63) is 106 Å². The first kappa shape index (κ1) is 48.3. The molecule has 3 N–H and O–H groups in total. The van der Waals surface area contributed by atoms with Gasteiger partial charge in [0.15, 0.2) is 5.82 Å². The van der Waals surface area contributed by atoms with Crippen LogP contribution in [0.4, 0.5) is 14.6 Å². The van der Waals surface area contributed by atoms with Crippen LogP contribution in [0, 0.1) is 29.4 Å². The highest BCUT2D eigenvalue weighted by molar-refractivity contribution is 6.04. The lowest BCUT2D eigenvalue weighted by atomic mass is 9.91. The van der Waals surface area contributed by atoms with E-state index in [1.165, 1.54) is 48.1 Å². The van der Waals surface area contributed by atoms with E-state index < -0.39 is 11.6 Å². The zero-order chi connectivity index (χ0) is 51.0. The lowest BCUT2D eigenvalue weighted by Crippen LogP contribution is -2.67. The van der Waals surface area contributed by atoms with Gasteiger partial charge in [0.05, 0.1) is 24.8 Å². The summed E-state index contributed by atoms with van der Waals surface area (Å²) in [6.07, 6.45) is 11.1. The molecule has 14 nitrogen and oxygen atoms in total. The van der Waals surface area contributed by atoms with Crippen molar-refractivity contribution >= 4 is 33.4 Å². The van der Waals surface area contributed by atoms with Gasteiger partial charge in [-0.1, -0.05) is 50.1 Å². The molecule has 7 aliphatic rings. The number of fused-ring (bicyclic) bond motifs is 5. The number of anilines is 1. The number of phenolic OH excluding ortho intramolecular Hbond substituents is 2. The smallest absolute Gasteiger partial charge is 0.319 e. The first-order valence-electron chi connectivity index (χ1n) is 26.3. The van der Waals surface area contributed by atoms with Gasteiger partial charge in [0.1, 0.15) is 39.7 Å². The molecule has 1 amide bonds. The van der Waals surface area contributed by atoms with Gasteiger partial charge in [-0.25, -0.2) is 13.8 Å². The Morgan fingerprint density at radius 3 is 2.35 bits per heavy atom. The Bertz CT molecular complexity index is 3220. The highest BCUT2D eigenvalue weighted by Gasteiger charge is 2.46. The average Bonchev–Trinajstić information content (AvgIpc) is 4.04. The van der Waals surface area contributed by atoms with Crippen molar-refractivity contribution in [1.82, 2.24) is 39.9 Å². The standard InChI is InChI=1S/C58H63F2N9O5/c1-5-44-47(59)11-9-37-23-43(70)26-46(49(37)44)52-51(60)53-50(55(62-52)73-4)54(68-30-40-25-41(31-68)61-40)64-57(63-53)74-33-58(14-15-58)32-66-18-20-67(21-19-66)42-12-16-65(17-13-42)27-35-6-7-38-28-69(29-39(38)22-35)56(72)45-10-8-36(34(2)3)24-48(45)71/h1,6-11,22-24,26,34,40-42,61,70-71H,12-21,25,27-33H2,2-4H3. The van der Waals surface area contributed by atoms with Crippen LogP contribution in [0.2, 0.25) is 0 Å². The molecule has 1 saturated carbocycles. The molecule has 2 bridgehead atoms. The number of hydrogen-bond acceptors (Lipinski definition) is 13. The fourth-order valence-corrected chi connectivity index (χ4v) is 12.3. The van der Waals surface area contributed by atoms with Gasteiger partial charge in [0, 0.05) is 99.9 Å². The Labute approximate surface area is 430 Å². The molecule has 384 valence electrons. The number of pyridine rings is 1. The molecule has 5 saturated heterocycles. The molecule has 13 rings (SSSR count). The summed E-state index contributed by atoms with van der Waals surface area (Å²) >= 11 is 0. The maximum absolute atomic E-state index is 17.3. The SMILES string of the molecule is C#Cc1c(F)ccc2cc(O)cc(-c3nc(OC)c4c(N5CC6CC(C5)N6)nc(OCC5(CN6CCN(C7CCN(Cc8ccc9c(c8)CN(C(=O)c8ccc(C(C)C)cc8O)C9)CC7)CC6)CC5)nc4c3F)c12. The fourth-order valence-electron chi connectivity index (χ4n) is 12.3. The van der Waals surface area contributed by atoms with E-state index in [1.807, 2.05) is 11.0 Å². The summed E-state index contributed by atoms with van der Waals surface area (Å²) < 4.78 is 44.9. The summed E-state index contributed by atoms with van der Waals surface area (Å²) in [5.41, 5.74) is 4.74. The minimum Gasteiger partial charge on any atom is -0.508 e. The van der Waals surface area contributed by atoms with Crippen LogP contribution >= 0.6 is 0 Å². The van der Waals surface area contributed by atoms with Crippen molar-refractivity contribution in [1.29, 1.82) is 0 Å². The van der Waals surface area contributed by atoms with Gasteiger partial charge in [-0.05, 0) is 109 Å². The van der Waals surface area contributed by atoms with Crippen molar-refractivity contribution in [2.75, 3.05) is 77.5 Å². The van der Waals surface area contributed by atoms with Crippen LogP contribution in [0.1, 0.15) is 90.0 Å². The number of phenols is 2. The monoisotopic (exact) mass is 1000 g/mol. The van der Waals surface area contributed by atoms with Crippen LogP contribution in [-0.2, 0) is 19.6 Å². The summed E-state index contributed by atoms with van der Waals surface area (Å²) in [7, 11) is 1.46. The largest absolute Gasteiger partial charge is 0.508 e. The zero-order valence-electron chi connectivity index (χ0n) is 42.3. The first-order valence-corrected chi connectivity index (χ1v) is 26.3. The van der Waals surface area contributed by atoms with Crippen LogP contribution in [0.5, 0.6) is 23.4 Å². The van der Waals surface area contributed by atoms with E-state index in [1.54, 1.807) is 12.1 Å². The van der Waals surface area contributed by atoms with Gasteiger partial charge in [-0.3, -0.25) is 14.6 Å². The number of ether oxygens (including phenoxy) is 2. The number of piperazine rings is 2. The number of likely N-dealkylation sites (tertiary alicyclic amines) is 1. The number of halogens is 2. The van der Waals surface area contributed by atoms with Crippen LogP contribution in [0.25, 0.3) is 32.9 Å². The molecule has 2 atom stereocenters. The number of amides is 1. The number of carbonyl (C=O) groups is 1. The second-order valence-corrected chi connectivity index (χ2v) is 22.0. The van der Waals surface area contributed by atoms with Gasteiger partial charge < -0.3 is 39.7 Å². The van der Waals surface area contributed by atoms with Crippen molar-refractivity contribution in [2.24, 2.45) is 5.41 Å². The Morgan fingerprint density at radius 1 is 0.892 bits per heavy atom. The first-order chi connectivity index (χ1) is 35.8. The number of rotatable bonds is 13. The number of hydrogen-bond donors (Lipinski definition) is 3. The molecular weight excluding hydrogens is 941 g/mol. The predicted molar refractivity (Wildman–Crippen MR) is 280 cm³/mol. The average molecular weight is 1000 g/mol. The topological polar surface area (TPSA) is 143 Å². The molecule has 2 aromatic heterocycles. The lowest BCUT2D eigenvalue weighted by molar-refractivity contribution is 0.0453. The van der Waals surface area contributed by atoms with Crippen LogP contribution in [-0.4, -0.2) is 141 Å². The number of aromatic nitrogens is 3. The molecule has 6 aliphatic heterocycles. The molecule has 6 fully saturated rings. The number of piperidine rings is 2. The third-order valence-corrected chi connectivity index (χ3v) is 16.7. The van der Waals surface area contributed by atoms with E-state index in [9.17, 15) is 15.0 Å². The van der Waals surface area contributed by atoms with Gasteiger partial charge in [0.25, 0.3) is 5.91 Å². The second kappa shape index (κ2) is 19.2. The fraction of sp³-hybridized carbons (Fsp3) is 0.448. The summed E-state index contributed by atoms with van der Waals surface area (Å²) in [5.74, 6) is 1.58. The van der Waals surface area contributed by atoms with Gasteiger partial charge in [0.2, 0.25) is 5.88 Å². The maximum atomic E-state index is 17.3. The number of aromatic hydroxyl groups is 2. The number of nitrogens with zero attached hydrogens (tertiary/aromatic N) is 8. The molecule has 6 aromatic rings. The third kappa shape index (κ3) is 9.11. The minimum absolute atomic E-state index is 0.0440. The summed E-state index contributed by atoms with van der Waals surface area (Å²) in [6.45, 7) is 14.8. The molecule has 74 heavy (non-hydrogen) atoms. The number of terminal acetylenes is 1. The maximum Gasteiger partial charge on any atom is 0.319 e. The summed E-state index contributed by atoms with van der Waals surface area (Å²) in [4.78, 5) is 39.6. The van der Waals surface area contributed by atoms with E-state index in [2.05, 4.69) is 67.9 Å². The van der Waals surface area contributed by atoms with E-state index in [4.69, 9.17) is 25.9 Å². The van der Waals surface area contributed by atoms with Gasteiger partial charge >= 0.3 is 6.01 Å². The molecule has 2 unspecified atom stereocenters. The molecule has 0 radical (unpaired) electrons. The van der Waals surface area contributed by atoms with E-state index >= 15 is 8.78 Å². The predicted octanol–water partition coefficient (Wildman–Crippen LogP) is 7.80. The quantitative estimate of drug-likeness (QED) is 0.0971. The zero-order valence-corrected chi connectivity index (χ0v) is 42.3. The van der Waals surface area contributed by atoms with Crippen molar-refractivity contribution in [3.8, 4) is 47.0 Å². The molecular formula is C58H63F2N9O5. The Balaban J connectivity index is 0.681. The van der Waals surface area contributed by atoms with Gasteiger partial charge in [-0.15, -0.1) is 6.42 Å². The number of nitrogens with one attached hydrogen (secondary N) is 1. The van der Waals surface area contributed by atoms with Crippen molar-refractivity contribution in [3.63, 3.8) is 0 Å². The minimum atomic E-state index is -0.785. The molecule has 16 heteroatoms. The Hall–Kier alpha value is -6.64. The number of methoxy groups -OCH3 is 1. The normalized spacial score (nSPS) is 21.0. The van der Waals surface area contributed by atoms with Crippen LogP contribution in [0.15, 0.2) is 60.7 Å². The van der Waals surface area contributed by atoms with E-state index in [0.29, 0.717) is 61.0 Å². The third-order valence-electron chi connectivity index (χ3n) is 16.7. The van der Waals surface area contributed by atoms with E-state index in [0.717, 1.165) is 90.0 Å². The second-order valence-electron chi connectivity index (χ2n) is 22.0. The van der Waals surface area contributed by atoms with Crippen molar-refractivity contribution < 1.29 is 33.3 Å². The number of carbonyl (C=O) groups excluding carboxylic acids is 1. The van der Waals surface area contributed by atoms with Crippen LogP contribution in [0.3, 0.4) is 0 Å². The highest BCUT2D eigenvalue weighted by Crippen LogP contribution is 2.48. The number of benzene rings is 4. The van der Waals surface area contributed by atoms with E-state index in [-0.39, 0.29) is 80.4 Å². The molecule has 1 aliphatic carbocycles. The summed E-state index contributed by atoms with van der Waals surface area (Å²) in [6, 6.07) is 18.7. The van der Waals surface area contributed by atoms with Gasteiger partial charge in [-0.2, -0.15) is 9.97 Å². The lowest BCUT2D eigenvalue weighted by Gasteiger charge is -2.48. The Kier molecular flexibility index (Phi) is 12.6. The molecule has 4 aromatic carbocycles. The van der Waals surface area contributed by atoms with Crippen molar-refractivity contribution in [2.45, 2.75) is 89.6 Å². The Morgan fingerprint density at radius 2 is 1.65 bits per heavy atom. The molecule has 0 spiro atoms. The van der Waals surface area contributed by atoms with Crippen LogP contribution < -0.4 is 19.7 Å². The molecule has 8 heterocycles.